The topological polar surface area (TPSA) is 101 Å². The first-order valence-corrected chi connectivity index (χ1v) is 11.2. The van der Waals surface area contributed by atoms with Gasteiger partial charge in [0.15, 0.2) is 15.0 Å². The highest BCUT2D eigenvalue weighted by Gasteiger charge is 2.42. The molecule has 0 bridgehead atoms. The minimum absolute atomic E-state index is 0.00847. The molecule has 1 saturated heterocycles. The Morgan fingerprint density at radius 3 is 2.67 bits per heavy atom. The highest BCUT2D eigenvalue weighted by molar-refractivity contribution is 8.15. The van der Waals surface area contributed by atoms with Gasteiger partial charge in [0.05, 0.1) is 29.8 Å². The Kier molecular flexibility index (Phi) is 4.88. The third-order valence-corrected chi connectivity index (χ3v) is 7.51. The number of amides is 1. The number of fused-ring (bicyclic) bond motifs is 1. The molecule has 1 aromatic heterocycles. The Bertz CT molecular complexity index is 975. The molecule has 140 valence electrons. The van der Waals surface area contributed by atoms with E-state index < -0.39 is 9.84 Å². The zero-order chi connectivity index (χ0) is 18.9. The minimum atomic E-state index is -2.95. The molecule has 7 nitrogen and oxygen atoms in total. The lowest BCUT2D eigenvalue weighted by Gasteiger charge is -2.08. The number of hydrogen-bond acceptors (Lipinski definition) is 7. The van der Waals surface area contributed by atoms with Gasteiger partial charge >= 0.3 is 0 Å². The summed E-state index contributed by atoms with van der Waals surface area (Å²) in [6.45, 7) is 0.374. The average Bonchev–Trinajstić information content (AvgIpc) is 3.13. The molecule has 0 radical (unpaired) electrons. The molecule has 2 atom stereocenters. The maximum atomic E-state index is 12.2. The summed E-state index contributed by atoms with van der Waals surface area (Å²) in [5.41, 5.74) is 2.17. The van der Waals surface area contributed by atoms with E-state index in [1.54, 1.807) is 18.3 Å². The molecule has 2 N–H and O–H groups in total. The van der Waals surface area contributed by atoms with Gasteiger partial charge in [-0.2, -0.15) is 0 Å². The lowest BCUT2D eigenvalue weighted by Crippen LogP contribution is -2.23. The number of nitrogens with zero attached hydrogens (tertiary/aromatic N) is 2. The van der Waals surface area contributed by atoms with Crippen molar-refractivity contribution in [3.05, 3.63) is 59.9 Å². The summed E-state index contributed by atoms with van der Waals surface area (Å²) in [7, 11) is -2.95. The van der Waals surface area contributed by atoms with Crippen molar-refractivity contribution in [1.29, 1.82) is 0 Å². The normalized spacial score (nSPS) is 22.7. The third-order valence-electron chi connectivity index (χ3n) is 4.37. The smallest absolute Gasteiger partial charge is 0.251 e. The lowest BCUT2D eigenvalue weighted by atomic mass is 10.2. The average molecular weight is 403 g/mol. The molecule has 0 aliphatic carbocycles. The zero-order valence-corrected chi connectivity index (χ0v) is 16.0. The number of carbonyl (C=O) groups is 1. The number of amidine groups is 1. The van der Waals surface area contributed by atoms with Crippen LogP contribution < -0.4 is 10.6 Å². The van der Waals surface area contributed by atoms with Crippen LogP contribution in [0.25, 0.3) is 0 Å². The van der Waals surface area contributed by atoms with E-state index in [9.17, 15) is 13.2 Å². The van der Waals surface area contributed by atoms with Crippen molar-refractivity contribution in [3.8, 4) is 0 Å². The molecule has 4 rings (SSSR count). The van der Waals surface area contributed by atoms with Crippen LogP contribution in [0.15, 0.2) is 53.7 Å². The number of pyridine rings is 1. The first-order valence-electron chi connectivity index (χ1n) is 8.49. The summed E-state index contributed by atoms with van der Waals surface area (Å²) in [6, 6.07) is 12.5. The number of sulfone groups is 1. The number of benzene rings is 1. The maximum absolute atomic E-state index is 12.2. The number of aliphatic imine (C=N–C) groups is 1. The summed E-state index contributed by atoms with van der Waals surface area (Å²) >= 11 is 1.47. The van der Waals surface area contributed by atoms with Crippen molar-refractivity contribution in [2.75, 3.05) is 16.8 Å². The van der Waals surface area contributed by atoms with Crippen molar-refractivity contribution in [1.82, 2.24) is 10.3 Å². The van der Waals surface area contributed by atoms with Crippen molar-refractivity contribution in [3.63, 3.8) is 0 Å². The molecule has 2 unspecified atom stereocenters. The molecule has 3 heterocycles. The number of hydrogen-bond donors (Lipinski definition) is 2. The van der Waals surface area contributed by atoms with E-state index in [4.69, 9.17) is 0 Å². The first kappa shape index (κ1) is 18.0. The monoisotopic (exact) mass is 402 g/mol. The zero-order valence-electron chi connectivity index (χ0n) is 14.3. The Balaban J connectivity index is 1.33. The second-order valence-corrected chi connectivity index (χ2v) is 9.82. The molecule has 0 spiro atoms. The molecule has 2 aliphatic heterocycles. The third kappa shape index (κ3) is 4.30. The van der Waals surface area contributed by atoms with E-state index in [1.165, 1.54) is 11.8 Å². The standard InChI is InChI=1S/C18H18N4O3S2/c23-17(20-9-14-3-1-2-8-19-14)12-4-6-13(7-5-12)21-18-22-15-10-27(24,25)11-16(15)26-18/h1-8,15-16H,9-11H2,(H,20,23)(H,21,22). The minimum Gasteiger partial charge on any atom is -0.346 e. The van der Waals surface area contributed by atoms with Gasteiger partial charge in [0, 0.05) is 22.7 Å². The number of anilines is 1. The van der Waals surface area contributed by atoms with Gasteiger partial charge in [0.1, 0.15) is 0 Å². The number of carbonyl (C=O) groups excluding carboxylic acids is 1. The van der Waals surface area contributed by atoms with Crippen molar-refractivity contribution >= 4 is 38.4 Å². The fraction of sp³-hybridized carbons (Fsp3) is 0.278. The molecule has 9 heteroatoms. The fourth-order valence-electron chi connectivity index (χ4n) is 3.02. The summed E-state index contributed by atoms with van der Waals surface area (Å²) in [4.78, 5) is 20.9. The molecule has 2 aromatic rings. The van der Waals surface area contributed by atoms with E-state index >= 15 is 0 Å². The van der Waals surface area contributed by atoms with E-state index in [-0.39, 0.29) is 28.7 Å². The quantitative estimate of drug-likeness (QED) is 0.807. The van der Waals surface area contributed by atoms with Crippen LogP contribution in [0.4, 0.5) is 5.69 Å². The number of nitrogens with one attached hydrogen (secondary N) is 2. The van der Waals surface area contributed by atoms with Gasteiger partial charge in [0.2, 0.25) is 0 Å². The highest BCUT2D eigenvalue weighted by atomic mass is 32.2. The molecular weight excluding hydrogens is 384 g/mol. The number of thioether (sulfide) groups is 1. The summed E-state index contributed by atoms with van der Waals surface area (Å²) in [6.07, 6.45) is 1.69. The van der Waals surface area contributed by atoms with E-state index in [0.717, 1.165) is 16.5 Å². The molecule has 1 aromatic carbocycles. The van der Waals surface area contributed by atoms with Crippen LogP contribution in [0, 0.1) is 0 Å². The largest absolute Gasteiger partial charge is 0.346 e. The molecule has 2 aliphatic rings. The van der Waals surface area contributed by atoms with Crippen LogP contribution in [0.1, 0.15) is 16.1 Å². The van der Waals surface area contributed by atoms with Crippen LogP contribution >= 0.6 is 11.8 Å². The van der Waals surface area contributed by atoms with Crippen molar-refractivity contribution < 1.29 is 13.2 Å². The van der Waals surface area contributed by atoms with Crippen LogP contribution in [0.5, 0.6) is 0 Å². The Morgan fingerprint density at radius 1 is 1.15 bits per heavy atom. The Hall–Kier alpha value is -2.39. The molecule has 27 heavy (non-hydrogen) atoms. The highest BCUT2D eigenvalue weighted by Crippen LogP contribution is 2.34. The Labute approximate surface area is 161 Å². The molecule has 1 fully saturated rings. The molecule has 1 amide bonds. The second-order valence-electron chi connectivity index (χ2n) is 6.44. The van der Waals surface area contributed by atoms with Gasteiger partial charge in [-0.15, -0.1) is 0 Å². The van der Waals surface area contributed by atoms with Crippen LogP contribution in [-0.2, 0) is 16.4 Å². The number of rotatable bonds is 4. The van der Waals surface area contributed by atoms with E-state index in [1.807, 2.05) is 30.3 Å². The van der Waals surface area contributed by atoms with Crippen LogP contribution in [0.3, 0.4) is 0 Å². The van der Waals surface area contributed by atoms with Crippen LogP contribution in [-0.4, -0.2) is 47.3 Å². The molecule has 0 saturated carbocycles. The summed E-state index contributed by atoms with van der Waals surface area (Å²) in [5, 5.41) is 6.77. The predicted octanol–water partition coefficient (Wildman–Crippen LogP) is 1.69. The SMILES string of the molecule is O=C(NCc1ccccn1)c1ccc(NC2=NC3CS(=O)(=O)CC3S2)cc1. The van der Waals surface area contributed by atoms with Gasteiger partial charge < -0.3 is 10.6 Å². The van der Waals surface area contributed by atoms with Crippen molar-refractivity contribution in [2.24, 2.45) is 4.99 Å². The summed E-state index contributed by atoms with van der Waals surface area (Å²) in [5.74, 6) is 0.150. The van der Waals surface area contributed by atoms with Gasteiger partial charge in [-0.25, -0.2) is 8.42 Å². The van der Waals surface area contributed by atoms with E-state index in [2.05, 4.69) is 20.6 Å². The molecular formula is C18H18N4O3S2. The van der Waals surface area contributed by atoms with E-state index in [0.29, 0.717) is 12.1 Å². The van der Waals surface area contributed by atoms with Gasteiger partial charge in [-0.05, 0) is 36.4 Å². The van der Waals surface area contributed by atoms with Gasteiger partial charge in [0.25, 0.3) is 5.91 Å². The van der Waals surface area contributed by atoms with Crippen molar-refractivity contribution in [2.45, 2.75) is 17.8 Å². The maximum Gasteiger partial charge on any atom is 0.251 e. The summed E-state index contributed by atoms with van der Waals surface area (Å²) < 4.78 is 23.2. The van der Waals surface area contributed by atoms with Gasteiger partial charge in [-0.3, -0.25) is 14.8 Å². The predicted molar refractivity (Wildman–Crippen MR) is 107 cm³/mol. The van der Waals surface area contributed by atoms with Gasteiger partial charge in [-0.1, -0.05) is 17.8 Å². The lowest BCUT2D eigenvalue weighted by molar-refractivity contribution is 0.0950. The Morgan fingerprint density at radius 2 is 1.96 bits per heavy atom. The number of aromatic nitrogens is 1. The van der Waals surface area contributed by atoms with Crippen LogP contribution in [0.2, 0.25) is 0 Å². The first-order chi connectivity index (χ1) is 13.0. The fourth-order valence-corrected chi connectivity index (χ4v) is 6.70. The second kappa shape index (κ2) is 7.32.